The Balaban J connectivity index is 2.69. The van der Waals surface area contributed by atoms with Gasteiger partial charge in [0.1, 0.15) is 0 Å². The Bertz CT molecular complexity index is 315. The van der Waals surface area contributed by atoms with E-state index >= 15 is 0 Å². The van der Waals surface area contributed by atoms with E-state index in [9.17, 15) is 4.79 Å². The average molecular weight is 283 g/mol. The number of amides is 1. The first kappa shape index (κ1) is 17.4. The maximum absolute atomic E-state index is 12.6. The second-order valence-electron chi connectivity index (χ2n) is 7.15. The summed E-state index contributed by atoms with van der Waals surface area (Å²) in [6.45, 7) is 10.6. The highest BCUT2D eigenvalue weighted by Gasteiger charge is 2.39. The molecule has 1 heterocycles. The predicted octanol–water partition coefficient (Wildman–Crippen LogP) is 2.30. The van der Waals surface area contributed by atoms with Gasteiger partial charge >= 0.3 is 0 Å². The topological polar surface area (TPSA) is 35.6 Å². The van der Waals surface area contributed by atoms with Gasteiger partial charge in [0, 0.05) is 13.1 Å². The van der Waals surface area contributed by atoms with Crippen LogP contribution in [0.25, 0.3) is 0 Å². The lowest BCUT2D eigenvalue weighted by atomic mass is 9.92. The molecular formula is C16H33N3O. The van der Waals surface area contributed by atoms with Crippen molar-refractivity contribution in [3.63, 3.8) is 0 Å². The fourth-order valence-corrected chi connectivity index (χ4v) is 3.26. The Morgan fingerprint density at radius 1 is 1.30 bits per heavy atom. The molecule has 20 heavy (non-hydrogen) atoms. The van der Waals surface area contributed by atoms with Gasteiger partial charge in [-0.1, -0.05) is 40.5 Å². The molecule has 1 amide bonds. The second-order valence-corrected chi connectivity index (χ2v) is 7.15. The molecule has 4 heteroatoms. The summed E-state index contributed by atoms with van der Waals surface area (Å²) in [4.78, 5) is 16.9. The van der Waals surface area contributed by atoms with Crippen LogP contribution in [-0.4, -0.2) is 55.1 Å². The summed E-state index contributed by atoms with van der Waals surface area (Å²) in [5.41, 5.74) is 0.119. The van der Waals surface area contributed by atoms with Crippen molar-refractivity contribution in [2.24, 2.45) is 5.41 Å². The molecule has 1 aliphatic heterocycles. The quantitative estimate of drug-likeness (QED) is 0.742. The molecule has 0 aromatic heterocycles. The van der Waals surface area contributed by atoms with E-state index in [2.05, 4.69) is 56.9 Å². The zero-order valence-electron chi connectivity index (χ0n) is 14.2. The molecule has 1 aliphatic rings. The summed E-state index contributed by atoms with van der Waals surface area (Å²) in [5.74, 6) is 0.303. The predicted molar refractivity (Wildman–Crippen MR) is 84.6 cm³/mol. The van der Waals surface area contributed by atoms with Crippen LogP contribution in [0.5, 0.6) is 0 Å². The molecule has 0 bridgehead atoms. The van der Waals surface area contributed by atoms with Crippen LogP contribution in [0.4, 0.5) is 0 Å². The molecule has 1 rings (SSSR count). The van der Waals surface area contributed by atoms with Crippen LogP contribution in [0.2, 0.25) is 0 Å². The summed E-state index contributed by atoms with van der Waals surface area (Å²) in [7, 11) is 4.18. The first-order chi connectivity index (χ1) is 9.30. The Labute approximate surface area is 124 Å². The van der Waals surface area contributed by atoms with Crippen molar-refractivity contribution in [2.75, 3.05) is 27.2 Å². The maximum atomic E-state index is 12.6. The third-order valence-corrected chi connectivity index (χ3v) is 3.93. The summed E-state index contributed by atoms with van der Waals surface area (Å²) in [5, 5.41) is 3.51. The molecule has 0 spiro atoms. The summed E-state index contributed by atoms with van der Waals surface area (Å²) < 4.78 is 0. The molecule has 1 fully saturated rings. The number of rotatable bonds is 8. The van der Waals surface area contributed by atoms with Crippen molar-refractivity contribution < 1.29 is 4.79 Å². The van der Waals surface area contributed by atoms with Gasteiger partial charge in [0.25, 0.3) is 0 Å². The van der Waals surface area contributed by atoms with Crippen molar-refractivity contribution in [3.05, 3.63) is 0 Å². The molecular weight excluding hydrogens is 250 g/mol. The summed E-state index contributed by atoms with van der Waals surface area (Å²) >= 11 is 0. The van der Waals surface area contributed by atoms with Gasteiger partial charge in [0.2, 0.25) is 5.91 Å². The van der Waals surface area contributed by atoms with Gasteiger partial charge in [-0.15, -0.1) is 0 Å². The largest absolute Gasteiger partial charge is 0.325 e. The van der Waals surface area contributed by atoms with E-state index in [1.54, 1.807) is 0 Å². The van der Waals surface area contributed by atoms with E-state index in [0.717, 1.165) is 38.8 Å². The number of nitrogens with one attached hydrogen (secondary N) is 1. The normalized spacial score (nSPS) is 23.9. The van der Waals surface area contributed by atoms with Crippen LogP contribution in [0.3, 0.4) is 0 Å². The smallest absolute Gasteiger partial charge is 0.241 e. The van der Waals surface area contributed by atoms with Crippen LogP contribution in [0, 0.1) is 5.41 Å². The molecule has 0 aromatic carbocycles. The fraction of sp³-hybridized carbons (Fsp3) is 0.938. The second kappa shape index (κ2) is 7.41. The van der Waals surface area contributed by atoms with Crippen LogP contribution in [0.15, 0.2) is 0 Å². The lowest BCUT2D eigenvalue weighted by Gasteiger charge is -2.35. The Morgan fingerprint density at radius 3 is 2.45 bits per heavy atom. The highest BCUT2D eigenvalue weighted by Crippen LogP contribution is 2.24. The molecule has 0 saturated carbocycles. The van der Waals surface area contributed by atoms with Crippen molar-refractivity contribution >= 4 is 5.91 Å². The highest BCUT2D eigenvalue weighted by molar-refractivity contribution is 5.84. The van der Waals surface area contributed by atoms with E-state index in [1.807, 2.05) is 0 Å². The third-order valence-electron chi connectivity index (χ3n) is 3.93. The first-order valence-corrected chi connectivity index (χ1v) is 8.02. The number of unbranched alkanes of at least 4 members (excludes halogenated alkanes) is 1. The zero-order valence-corrected chi connectivity index (χ0v) is 14.2. The van der Waals surface area contributed by atoms with E-state index in [0.29, 0.717) is 5.91 Å². The van der Waals surface area contributed by atoms with Gasteiger partial charge in [0.05, 0.1) is 12.2 Å². The molecule has 0 aromatic rings. The third kappa shape index (κ3) is 4.74. The lowest BCUT2D eigenvalue weighted by molar-refractivity contribution is -0.131. The molecule has 0 radical (unpaired) electrons. The van der Waals surface area contributed by atoms with Gasteiger partial charge in [0.15, 0.2) is 0 Å². The number of hydrogen-bond acceptors (Lipinski definition) is 3. The van der Waals surface area contributed by atoms with E-state index in [1.165, 1.54) is 0 Å². The molecule has 118 valence electrons. The lowest BCUT2D eigenvalue weighted by Crippen LogP contribution is -2.45. The molecule has 0 aliphatic carbocycles. The summed E-state index contributed by atoms with van der Waals surface area (Å²) in [6, 6.07) is 0.0371. The van der Waals surface area contributed by atoms with Crippen LogP contribution in [-0.2, 0) is 4.79 Å². The highest BCUT2D eigenvalue weighted by atomic mass is 16.2. The Morgan fingerprint density at radius 2 is 1.95 bits per heavy atom. The molecule has 1 saturated heterocycles. The Kier molecular flexibility index (Phi) is 6.46. The number of carbonyl (C=O) groups excluding carboxylic acids is 1. The minimum atomic E-state index is 0.0371. The van der Waals surface area contributed by atoms with Crippen LogP contribution in [0.1, 0.15) is 53.4 Å². The minimum Gasteiger partial charge on any atom is -0.325 e. The first-order valence-electron chi connectivity index (χ1n) is 8.02. The average Bonchev–Trinajstić information content (AvgIpc) is 2.62. The number of nitrogens with zero attached hydrogens (tertiary/aromatic N) is 2. The van der Waals surface area contributed by atoms with E-state index < -0.39 is 0 Å². The van der Waals surface area contributed by atoms with Gasteiger partial charge in [-0.05, 0) is 32.4 Å². The van der Waals surface area contributed by atoms with Crippen molar-refractivity contribution in [1.82, 2.24) is 15.1 Å². The summed E-state index contributed by atoms with van der Waals surface area (Å²) in [6.07, 6.45) is 4.43. The molecule has 4 nitrogen and oxygen atoms in total. The van der Waals surface area contributed by atoms with Crippen LogP contribution < -0.4 is 5.32 Å². The minimum absolute atomic E-state index is 0.0371. The number of carbonyl (C=O) groups is 1. The molecule has 2 atom stereocenters. The SMILES string of the molecule is CCCCC1NC(CC)N(CC(C)(C)CN(C)C)C1=O. The van der Waals surface area contributed by atoms with Gasteiger partial charge < -0.3 is 9.80 Å². The van der Waals surface area contributed by atoms with Gasteiger partial charge in [-0.3, -0.25) is 10.1 Å². The molecule has 2 unspecified atom stereocenters. The van der Waals surface area contributed by atoms with Gasteiger partial charge in [-0.25, -0.2) is 0 Å². The van der Waals surface area contributed by atoms with Crippen molar-refractivity contribution in [1.29, 1.82) is 0 Å². The standard InChI is InChI=1S/C16H33N3O/c1-7-9-10-13-15(20)19(14(8-2)17-13)12-16(3,4)11-18(5)6/h13-14,17H,7-12H2,1-6H3. The van der Waals surface area contributed by atoms with Crippen molar-refractivity contribution in [2.45, 2.75) is 65.6 Å². The number of hydrogen-bond donors (Lipinski definition) is 1. The van der Waals surface area contributed by atoms with Crippen molar-refractivity contribution in [3.8, 4) is 0 Å². The fourth-order valence-electron chi connectivity index (χ4n) is 3.26. The zero-order chi connectivity index (χ0) is 15.3. The van der Waals surface area contributed by atoms with E-state index in [4.69, 9.17) is 0 Å². The van der Waals surface area contributed by atoms with E-state index in [-0.39, 0.29) is 17.6 Å². The maximum Gasteiger partial charge on any atom is 0.241 e. The van der Waals surface area contributed by atoms with Gasteiger partial charge in [-0.2, -0.15) is 0 Å². The van der Waals surface area contributed by atoms with Crippen LogP contribution >= 0.6 is 0 Å². The molecule has 1 N–H and O–H groups in total. The Hall–Kier alpha value is -0.610. The monoisotopic (exact) mass is 283 g/mol.